The highest BCUT2D eigenvalue weighted by Gasteiger charge is 2.42. The van der Waals surface area contributed by atoms with Gasteiger partial charge in [-0.05, 0) is 70.8 Å². The summed E-state index contributed by atoms with van der Waals surface area (Å²) in [6.45, 7) is 17.8. The molecule has 0 N–H and O–H groups in total. The SMILES string of the molecule is CC/C(=C(/C#C[Si](C(C)C)(C(C)C)C(C)C)OC(=O)C(CC)c1ccc(OC)cc1)c1ccc(OC)cc1. The minimum absolute atomic E-state index is 0.285. The van der Waals surface area contributed by atoms with Crippen LogP contribution in [0.1, 0.15) is 85.3 Å². The van der Waals surface area contributed by atoms with E-state index in [1.807, 2.05) is 55.5 Å². The van der Waals surface area contributed by atoms with Crippen molar-refractivity contribution in [3.05, 3.63) is 65.4 Å². The number of ether oxygens (including phenoxy) is 3. The Morgan fingerprint density at radius 1 is 0.789 bits per heavy atom. The van der Waals surface area contributed by atoms with E-state index in [1.54, 1.807) is 14.2 Å². The third-order valence-electron chi connectivity index (χ3n) is 7.74. The fraction of sp³-hybridized carbons (Fsp3) is 0.485. The van der Waals surface area contributed by atoms with Gasteiger partial charge in [-0.3, -0.25) is 4.79 Å². The fourth-order valence-corrected chi connectivity index (χ4v) is 10.8. The average molecular weight is 535 g/mol. The van der Waals surface area contributed by atoms with Crippen molar-refractivity contribution in [2.45, 2.75) is 90.8 Å². The predicted octanol–water partition coefficient (Wildman–Crippen LogP) is 8.78. The molecule has 0 saturated carbocycles. The molecule has 2 rings (SSSR count). The van der Waals surface area contributed by atoms with E-state index in [4.69, 9.17) is 14.2 Å². The molecule has 0 heterocycles. The summed E-state index contributed by atoms with van der Waals surface area (Å²) in [5.41, 5.74) is 8.00. The van der Waals surface area contributed by atoms with Crippen LogP contribution >= 0.6 is 0 Å². The van der Waals surface area contributed by atoms with E-state index < -0.39 is 14.0 Å². The smallest absolute Gasteiger partial charge is 0.319 e. The summed E-state index contributed by atoms with van der Waals surface area (Å²) in [5.74, 6) is 4.79. The molecule has 1 atom stereocenters. The molecule has 38 heavy (non-hydrogen) atoms. The standard InChI is InChI=1S/C33H46O4Si/c1-11-30(26-13-17-28(35-9)18-14-26)32(21-22-38(23(3)4,24(5)6)25(7)8)37-33(34)31(12-2)27-15-19-29(36-10)20-16-27/h13-20,23-25,31H,11-12H2,1-10H3/b32-30+. The van der Waals surface area contributed by atoms with Crippen LogP contribution in [0, 0.1) is 11.5 Å². The largest absolute Gasteiger partial charge is 0.497 e. The first-order valence-corrected chi connectivity index (χ1v) is 16.0. The zero-order valence-corrected chi connectivity index (χ0v) is 26.0. The van der Waals surface area contributed by atoms with Crippen LogP contribution in [0.4, 0.5) is 0 Å². The third-order valence-corrected chi connectivity index (χ3v) is 14.0. The van der Waals surface area contributed by atoms with Gasteiger partial charge in [0.15, 0.2) is 5.76 Å². The van der Waals surface area contributed by atoms with Crippen molar-refractivity contribution in [2.75, 3.05) is 14.2 Å². The molecule has 4 nitrogen and oxygen atoms in total. The van der Waals surface area contributed by atoms with E-state index in [0.717, 1.165) is 28.2 Å². The van der Waals surface area contributed by atoms with Gasteiger partial charge in [-0.25, -0.2) is 0 Å². The Hall–Kier alpha value is -2.97. The Kier molecular flexibility index (Phi) is 11.7. The molecule has 206 valence electrons. The Labute approximate surface area is 231 Å². The molecular formula is C33H46O4Si. The van der Waals surface area contributed by atoms with Gasteiger partial charge in [0.25, 0.3) is 0 Å². The number of hydrogen-bond donors (Lipinski definition) is 0. The van der Waals surface area contributed by atoms with E-state index in [1.165, 1.54) is 0 Å². The zero-order valence-electron chi connectivity index (χ0n) is 25.0. The number of hydrogen-bond acceptors (Lipinski definition) is 4. The quantitative estimate of drug-likeness (QED) is 0.125. The molecular weight excluding hydrogens is 488 g/mol. The lowest BCUT2D eigenvalue weighted by atomic mass is 9.96. The first kappa shape index (κ1) is 31.2. The molecule has 0 saturated heterocycles. The lowest BCUT2D eigenvalue weighted by Gasteiger charge is -2.38. The van der Waals surface area contributed by atoms with E-state index in [9.17, 15) is 4.79 Å². The van der Waals surface area contributed by atoms with Crippen LogP contribution in [0.2, 0.25) is 16.6 Å². The van der Waals surface area contributed by atoms with Crippen molar-refractivity contribution in [2.24, 2.45) is 0 Å². The van der Waals surface area contributed by atoms with Gasteiger partial charge in [-0.1, -0.05) is 79.7 Å². The van der Waals surface area contributed by atoms with Gasteiger partial charge in [-0.15, -0.1) is 5.54 Å². The second-order valence-corrected chi connectivity index (χ2v) is 16.3. The molecule has 0 aliphatic heterocycles. The topological polar surface area (TPSA) is 44.8 Å². The minimum Gasteiger partial charge on any atom is -0.497 e. The maximum absolute atomic E-state index is 13.7. The summed E-state index contributed by atoms with van der Waals surface area (Å²) in [5, 5.41) is 0. The second kappa shape index (κ2) is 14.3. The van der Waals surface area contributed by atoms with Gasteiger partial charge >= 0.3 is 5.97 Å². The van der Waals surface area contributed by atoms with Gasteiger partial charge < -0.3 is 14.2 Å². The van der Waals surface area contributed by atoms with Crippen LogP contribution in [0.25, 0.3) is 5.57 Å². The molecule has 0 radical (unpaired) electrons. The number of carbonyl (C=O) groups excluding carboxylic acids is 1. The zero-order chi connectivity index (χ0) is 28.5. The Morgan fingerprint density at radius 3 is 1.66 bits per heavy atom. The van der Waals surface area contributed by atoms with Crippen LogP contribution in [0.3, 0.4) is 0 Å². The highest BCUT2D eigenvalue weighted by molar-refractivity contribution is 6.90. The van der Waals surface area contributed by atoms with Crippen molar-refractivity contribution in [3.63, 3.8) is 0 Å². The fourth-order valence-electron chi connectivity index (χ4n) is 5.59. The number of methoxy groups -OCH3 is 2. The van der Waals surface area contributed by atoms with Crippen LogP contribution in [-0.4, -0.2) is 28.3 Å². The molecule has 1 unspecified atom stereocenters. The van der Waals surface area contributed by atoms with Gasteiger partial charge in [0.2, 0.25) is 0 Å². The maximum atomic E-state index is 13.7. The average Bonchev–Trinajstić information content (AvgIpc) is 2.89. The van der Waals surface area contributed by atoms with Crippen molar-refractivity contribution < 1.29 is 19.0 Å². The number of benzene rings is 2. The van der Waals surface area contributed by atoms with Gasteiger partial charge in [0.1, 0.15) is 19.6 Å². The van der Waals surface area contributed by atoms with Crippen molar-refractivity contribution >= 4 is 19.6 Å². The van der Waals surface area contributed by atoms with Crippen molar-refractivity contribution in [1.29, 1.82) is 0 Å². The van der Waals surface area contributed by atoms with Crippen molar-refractivity contribution in [1.82, 2.24) is 0 Å². The Bertz CT molecular complexity index is 1110. The molecule has 0 spiro atoms. The van der Waals surface area contributed by atoms with Crippen LogP contribution < -0.4 is 9.47 Å². The minimum atomic E-state index is -2.05. The molecule has 0 aliphatic rings. The summed E-state index contributed by atoms with van der Waals surface area (Å²) in [6, 6.07) is 15.5. The van der Waals surface area contributed by atoms with Gasteiger partial charge in [0, 0.05) is 5.57 Å². The van der Waals surface area contributed by atoms with Crippen LogP contribution in [0.15, 0.2) is 54.3 Å². The van der Waals surface area contributed by atoms with E-state index in [0.29, 0.717) is 35.2 Å². The molecule has 0 amide bonds. The van der Waals surface area contributed by atoms with E-state index in [2.05, 4.69) is 59.9 Å². The van der Waals surface area contributed by atoms with E-state index >= 15 is 0 Å². The van der Waals surface area contributed by atoms with E-state index in [-0.39, 0.29) is 5.97 Å². The molecule has 0 aromatic heterocycles. The first-order valence-electron chi connectivity index (χ1n) is 13.8. The Morgan fingerprint density at radius 2 is 1.26 bits per heavy atom. The number of carbonyl (C=O) groups is 1. The molecule has 2 aromatic carbocycles. The molecule has 5 heteroatoms. The summed E-state index contributed by atoms with van der Waals surface area (Å²) in [7, 11) is 1.24. The molecule has 2 aromatic rings. The summed E-state index contributed by atoms with van der Waals surface area (Å²) >= 11 is 0. The third kappa shape index (κ3) is 7.11. The molecule has 0 bridgehead atoms. The summed E-state index contributed by atoms with van der Waals surface area (Å²) in [6.07, 6.45) is 1.31. The highest BCUT2D eigenvalue weighted by Crippen LogP contribution is 2.41. The highest BCUT2D eigenvalue weighted by atomic mass is 28.3. The maximum Gasteiger partial charge on any atom is 0.319 e. The normalized spacial score (nSPS) is 13.1. The summed E-state index contributed by atoms with van der Waals surface area (Å²) < 4.78 is 16.9. The monoisotopic (exact) mass is 534 g/mol. The lowest BCUT2D eigenvalue weighted by molar-refractivity contribution is -0.140. The second-order valence-electron chi connectivity index (χ2n) is 10.7. The van der Waals surface area contributed by atoms with Crippen LogP contribution in [0.5, 0.6) is 11.5 Å². The molecule has 0 aliphatic carbocycles. The lowest BCUT2D eigenvalue weighted by Crippen LogP contribution is -2.43. The first-order chi connectivity index (χ1) is 18.0. The molecule has 0 fully saturated rings. The predicted molar refractivity (Wildman–Crippen MR) is 161 cm³/mol. The number of esters is 1. The number of allylic oxidation sites excluding steroid dienone is 2. The van der Waals surface area contributed by atoms with Crippen LogP contribution in [-0.2, 0) is 9.53 Å². The van der Waals surface area contributed by atoms with Crippen molar-refractivity contribution in [3.8, 4) is 23.0 Å². The van der Waals surface area contributed by atoms with Gasteiger partial charge in [0.05, 0.1) is 20.1 Å². The summed E-state index contributed by atoms with van der Waals surface area (Å²) in [4.78, 5) is 13.7. The number of rotatable bonds is 11. The van der Waals surface area contributed by atoms with Gasteiger partial charge in [-0.2, -0.15) is 0 Å². The Balaban J connectivity index is 2.66.